The van der Waals surface area contributed by atoms with E-state index in [9.17, 15) is 4.79 Å². The van der Waals surface area contributed by atoms with Crippen molar-refractivity contribution in [1.29, 1.82) is 0 Å². The molecule has 0 fully saturated rings. The van der Waals surface area contributed by atoms with Gasteiger partial charge in [-0.3, -0.25) is 9.89 Å². The highest BCUT2D eigenvalue weighted by Gasteiger charge is 2.41. The standard InChI is InChI=1S/C21H21N3O/c1-12-18-16(24-23-12)9-14-10-21(2,3)11-17(25)19(14)20(18)13-6-5-7-15(8-13)22-4/h5-8,20H,9-11H2,1-3H3,(H,23,24). The maximum atomic E-state index is 13.1. The van der Waals surface area contributed by atoms with Crippen molar-refractivity contribution in [2.45, 2.75) is 46.0 Å². The van der Waals surface area contributed by atoms with Crippen LogP contribution < -0.4 is 0 Å². The molecule has 2 aliphatic carbocycles. The lowest BCUT2D eigenvalue weighted by atomic mass is 9.65. The molecule has 0 saturated heterocycles. The first-order valence-corrected chi connectivity index (χ1v) is 8.66. The van der Waals surface area contributed by atoms with Crippen molar-refractivity contribution >= 4 is 11.5 Å². The van der Waals surface area contributed by atoms with Crippen molar-refractivity contribution in [3.05, 3.63) is 69.3 Å². The lowest BCUT2D eigenvalue weighted by Gasteiger charge is -2.38. The molecule has 2 aliphatic rings. The summed E-state index contributed by atoms with van der Waals surface area (Å²) in [7, 11) is 0. The minimum absolute atomic E-state index is 0.00167. The van der Waals surface area contributed by atoms with E-state index >= 15 is 0 Å². The second-order valence-electron chi connectivity index (χ2n) is 7.98. The first-order chi connectivity index (χ1) is 11.9. The molecule has 0 radical (unpaired) electrons. The van der Waals surface area contributed by atoms with Gasteiger partial charge in [0.1, 0.15) is 0 Å². The zero-order valence-electron chi connectivity index (χ0n) is 14.8. The highest BCUT2D eigenvalue weighted by atomic mass is 16.1. The van der Waals surface area contributed by atoms with Crippen LogP contribution in [0, 0.1) is 18.9 Å². The molecule has 0 saturated carbocycles. The van der Waals surface area contributed by atoms with E-state index in [-0.39, 0.29) is 17.1 Å². The third kappa shape index (κ3) is 2.51. The number of nitrogens with one attached hydrogen (secondary N) is 1. The predicted octanol–water partition coefficient (Wildman–Crippen LogP) is 4.64. The maximum Gasteiger partial charge on any atom is 0.187 e. The average Bonchev–Trinajstić information content (AvgIpc) is 2.92. The van der Waals surface area contributed by atoms with Crippen LogP contribution in [-0.4, -0.2) is 16.0 Å². The fourth-order valence-corrected chi connectivity index (χ4v) is 4.45. The molecular weight excluding hydrogens is 310 g/mol. The molecule has 126 valence electrons. The van der Waals surface area contributed by atoms with Crippen LogP contribution in [0.3, 0.4) is 0 Å². The van der Waals surface area contributed by atoms with Gasteiger partial charge in [-0.1, -0.05) is 43.7 Å². The largest absolute Gasteiger partial charge is 0.294 e. The topological polar surface area (TPSA) is 50.1 Å². The van der Waals surface area contributed by atoms with E-state index in [1.807, 2.05) is 31.2 Å². The van der Waals surface area contributed by atoms with Gasteiger partial charge in [0.15, 0.2) is 11.5 Å². The van der Waals surface area contributed by atoms with Gasteiger partial charge >= 0.3 is 0 Å². The molecular formula is C21H21N3O. The number of rotatable bonds is 1. The number of H-pyrrole nitrogens is 1. The van der Waals surface area contributed by atoms with E-state index in [1.165, 1.54) is 5.57 Å². The Labute approximate surface area is 147 Å². The molecule has 0 aliphatic heterocycles. The summed E-state index contributed by atoms with van der Waals surface area (Å²) in [6, 6.07) is 7.66. The van der Waals surface area contributed by atoms with Crippen molar-refractivity contribution in [2.75, 3.05) is 0 Å². The fraction of sp³-hybridized carbons (Fsp3) is 0.381. The molecule has 4 nitrogen and oxygen atoms in total. The first-order valence-electron chi connectivity index (χ1n) is 8.66. The normalized spacial score (nSPS) is 21.5. The number of carbonyl (C=O) groups excluding carboxylic acids is 1. The van der Waals surface area contributed by atoms with Crippen LogP contribution in [0.25, 0.3) is 4.85 Å². The summed E-state index contributed by atoms with van der Waals surface area (Å²) >= 11 is 0. The summed E-state index contributed by atoms with van der Waals surface area (Å²) in [5.74, 6) is 0.138. The second-order valence-corrected chi connectivity index (χ2v) is 7.98. The molecule has 1 aromatic heterocycles. The van der Waals surface area contributed by atoms with Gasteiger partial charge in [0, 0.05) is 35.6 Å². The van der Waals surface area contributed by atoms with Crippen LogP contribution >= 0.6 is 0 Å². The second kappa shape index (κ2) is 5.42. The molecule has 0 spiro atoms. The third-order valence-electron chi connectivity index (χ3n) is 5.38. The van der Waals surface area contributed by atoms with E-state index in [0.29, 0.717) is 12.1 Å². The smallest absolute Gasteiger partial charge is 0.187 e. The van der Waals surface area contributed by atoms with Crippen LogP contribution in [0.15, 0.2) is 35.4 Å². The Hall–Kier alpha value is -2.67. The number of aromatic nitrogens is 2. The van der Waals surface area contributed by atoms with Crippen LogP contribution in [0.4, 0.5) is 5.69 Å². The highest BCUT2D eigenvalue weighted by Crippen LogP contribution is 2.49. The van der Waals surface area contributed by atoms with Gasteiger partial charge in [-0.2, -0.15) is 5.10 Å². The van der Waals surface area contributed by atoms with Crippen LogP contribution in [0.2, 0.25) is 0 Å². The monoisotopic (exact) mass is 331 g/mol. The van der Waals surface area contributed by atoms with Gasteiger partial charge in [-0.05, 0) is 24.3 Å². The molecule has 1 aromatic carbocycles. The molecule has 1 heterocycles. The number of allylic oxidation sites excluding steroid dienone is 2. The molecule has 25 heavy (non-hydrogen) atoms. The molecule has 1 unspecified atom stereocenters. The van der Waals surface area contributed by atoms with Gasteiger partial charge in [-0.25, -0.2) is 4.85 Å². The van der Waals surface area contributed by atoms with E-state index in [4.69, 9.17) is 6.57 Å². The predicted molar refractivity (Wildman–Crippen MR) is 96.6 cm³/mol. The zero-order valence-corrected chi connectivity index (χ0v) is 14.8. The van der Waals surface area contributed by atoms with Crippen molar-refractivity contribution in [2.24, 2.45) is 5.41 Å². The number of aryl methyl sites for hydroxylation is 1. The molecule has 4 heteroatoms. The zero-order chi connectivity index (χ0) is 17.8. The number of carbonyl (C=O) groups is 1. The maximum absolute atomic E-state index is 13.1. The summed E-state index contributed by atoms with van der Waals surface area (Å²) in [6.45, 7) is 13.6. The number of hydrogen-bond acceptors (Lipinski definition) is 2. The van der Waals surface area contributed by atoms with Gasteiger partial charge < -0.3 is 0 Å². The number of aromatic amines is 1. The Bertz CT molecular complexity index is 956. The number of benzene rings is 1. The lowest BCUT2D eigenvalue weighted by Crippen LogP contribution is -2.32. The Morgan fingerprint density at radius 2 is 2.12 bits per heavy atom. The quantitative estimate of drug-likeness (QED) is 0.774. The average molecular weight is 331 g/mol. The van der Waals surface area contributed by atoms with E-state index in [1.54, 1.807) is 0 Å². The number of ketones is 1. The Morgan fingerprint density at radius 3 is 2.88 bits per heavy atom. The Kier molecular flexibility index (Phi) is 3.43. The van der Waals surface area contributed by atoms with E-state index in [0.717, 1.165) is 40.9 Å². The highest BCUT2D eigenvalue weighted by molar-refractivity contribution is 6.00. The van der Waals surface area contributed by atoms with Gasteiger partial charge in [0.05, 0.1) is 12.3 Å². The van der Waals surface area contributed by atoms with Gasteiger partial charge in [0.25, 0.3) is 0 Å². The SMILES string of the molecule is [C-]#[N+]c1cccc(C2C3=C(Cc4n[nH]c(C)c42)CC(C)(C)CC3=O)c1. The van der Waals surface area contributed by atoms with Crippen molar-refractivity contribution in [3.63, 3.8) is 0 Å². The minimum Gasteiger partial charge on any atom is -0.294 e. The Balaban J connectivity index is 1.95. The van der Waals surface area contributed by atoms with Crippen LogP contribution in [0.5, 0.6) is 0 Å². The van der Waals surface area contributed by atoms with Crippen molar-refractivity contribution in [3.8, 4) is 0 Å². The van der Waals surface area contributed by atoms with E-state index < -0.39 is 0 Å². The summed E-state index contributed by atoms with van der Waals surface area (Å²) < 4.78 is 0. The molecule has 2 aromatic rings. The third-order valence-corrected chi connectivity index (χ3v) is 5.38. The van der Waals surface area contributed by atoms with E-state index in [2.05, 4.69) is 28.9 Å². The summed E-state index contributed by atoms with van der Waals surface area (Å²) in [5, 5.41) is 7.61. The summed E-state index contributed by atoms with van der Waals surface area (Å²) in [4.78, 5) is 16.6. The fourth-order valence-electron chi connectivity index (χ4n) is 4.45. The number of fused-ring (bicyclic) bond motifs is 1. The van der Waals surface area contributed by atoms with Crippen molar-refractivity contribution in [1.82, 2.24) is 10.2 Å². The number of nitrogens with zero attached hydrogens (tertiary/aromatic N) is 2. The first kappa shape index (κ1) is 15.8. The van der Waals surface area contributed by atoms with Gasteiger partial charge in [-0.15, -0.1) is 0 Å². The molecule has 4 rings (SSSR count). The van der Waals surface area contributed by atoms with Gasteiger partial charge in [0.2, 0.25) is 0 Å². The van der Waals surface area contributed by atoms with Crippen LogP contribution in [0.1, 0.15) is 55.1 Å². The Morgan fingerprint density at radius 1 is 1.32 bits per heavy atom. The minimum atomic E-state index is -0.109. The summed E-state index contributed by atoms with van der Waals surface area (Å²) in [5.41, 5.74) is 6.96. The molecule has 1 N–H and O–H groups in total. The van der Waals surface area contributed by atoms with Crippen LogP contribution in [-0.2, 0) is 11.2 Å². The lowest BCUT2D eigenvalue weighted by molar-refractivity contribution is -0.118. The molecule has 1 atom stereocenters. The summed E-state index contributed by atoms with van der Waals surface area (Å²) in [6.07, 6.45) is 2.26. The molecule has 0 amide bonds. The number of Topliss-reactive ketones (excluding diaryl/α,β-unsaturated/α-hetero) is 1. The number of hydrogen-bond donors (Lipinski definition) is 1. The van der Waals surface area contributed by atoms with Crippen molar-refractivity contribution < 1.29 is 4.79 Å². The molecule has 0 bridgehead atoms.